The number of halogens is 3. The number of anilines is 1. The summed E-state index contributed by atoms with van der Waals surface area (Å²) < 4.78 is 19.1. The van der Waals surface area contributed by atoms with Crippen molar-refractivity contribution in [3.05, 3.63) is 99.3 Å². The quantitative estimate of drug-likeness (QED) is 0.267. The Morgan fingerprint density at radius 2 is 1.70 bits per heavy atom. The van der Waals surface area contributed by atoms with Crippen LogP contribution in [0.2, 0.25) is 10.0 Å². The van der Waals surface area contributed by atoms with Crippen molar-refractivity contribution in [1.82, 2.24) is 0 Å². The molecule has 3 aromatic rings. The van der Waals surface area contributed by atoms with Crippen molar-refractivity contribution in [2.24, 2.45) is 0 Å². The lowest BCUT2D eigenvalue weighted by molar-refractivity contribution is -0.132. The smallest absolute Gasteiger partial charge is 0.300 e. The van der Waals surface area contributed by atoms with Gasteiger partial charge in [0.15, 0.2) is 0 Å². The molecule has 1 N–H and O–H groups in total. The summed E-state index contributed by atoms with van der Waals surface area (Å²) in [6, 6.07) is 15.4. The first-order chi connectivity index (χ1) is 15.8. The largest absolute Gasteiger partial charge is 0.507 e. The number of nitrogens with zero attached hydrogens (tertiary/aromatic N) is 1. The number of ether oxygens (including phenoxy) is 1. The van der Waals surface area contributed by atoms with Crippen LogP contribution in [-0.4, -0.2) is 23.4 Å². The lowest BCUT2D eigenvalue weighted by Crippen LogP contribution is -2.29. The summed E-state index contributed by atoms with van der Waals surface area (Å²) in [5, 5.41) is 11.8. The van der Waals surface area contributed by atoms with Gasteiger partial charge in [-0.05, 0) is 67.1 Å². The van der Waals surface area contributed by atoms with E-state index in [-0.39, 0.29) is 16.2 Å². The number of aliphatic hydroxyl groups is 1. The maximum atomic E-state index is 13.6. The van der Waals surface area contributed by atoms with Gasteiger partial charge in [0, 0.05) is 16.3 Å². The van der Waals surface area contributed by atoms with Crippen LogP contribution < -0.4 is 9.64 Å². The number of aliphatic hydroxyl groups excluding tert-OH is 1. The summed E-state index contributed by atoms with van der Waals surface area (Å²) in [5.41, 5.74) is 0.800. The molecular weight excluding hydrogens is 468 g/mol. The molecule has 0 spiro atoms. The topological polar surface area (TPSA) is 66.8 Å². The van der Waals surface area contributed by atoms with Crippen LogP contribution >= 0.6 is 23.2 Å². The van der Waals surface area contributed by atoms with Crippen molar-refractivity contribution < 1.29 is 23.8 Å². The second-order valence-corrected chi connectivity index (χ2v) is 8.12. The summed E-state index contributed by atoms with van der Waals surface area (Å²) in [7, 11) is 0. The molecule has 8 heteroatoms. The maximum absolute atomic E-state index is 13.6. The fourth-order valence-electron chi connectivity index (χ4n) is 3.75. The Hall–Kier alpha value is -3.35. The fraction of sp³-hybridized carbons (Fsp3) is 0.120. The molecule has 1 fully saturated rings. The number of Topliss-reactive ketones (excluding diaryl/α,β-unsaturated/α-hetero) is 1. The lowest BCUT2D eigenvalue weighted by Gasteiger charge is -2.25. The molecule has 33 heavy (non-hydrogen) atoms. The average Bonchev–Trinajstić information content (AvgIpc) is 3.06. The second-order valence-electron chi connectivity index (χ2n) is 7.27. The van der Waals surface area contributed by atoms with Crippen molar-refractivity contribution >= 4 is 46.3 Å². The molecule has 168 valence electrons. The van der Waals surface area contributed by atoms with E-state index in [0.717, 1.165) is 0 Å². The summed E-state index contributed by atoms with van der Waals surface area (Å²) in [4.78, 5) is 27.5. The van der Waals surface area contributed by atoms with Crippen LogP contribution in [0.4, 0.5) is 10.1 Å². The highest BCUT2D eigenvalue weighted by atomic mass is 35.5. The fourth-order valence-corrected chi connectivity index (χ4v) is 4.08. The van der Waals surface area contributed by atoms with Gasteiger partial charge >= 0.3 is 0 Å². The molecule has 1 amide bonds. The molecule has 1 unspecified atom stereocenters. The lowest BCUT2D eigenvalue weighted by atomic mass is 9.95. The molecule has 4 rings (SSSR count). The first kappa shape index (κ1) is 22.8. The van der Waals surface area contributed by atoms with Crippen molar-refractivity contribution in [1.29, 1.82) is 0 Å². The molecule has 1 saturated heterocycles. The minimum Gasteiger partial charge on any atom is -0.507 e. The third-order valence-corrected chi connectivity index (χ3v) is 5.82. The van der Waals surface area contributed by atoms with Crippen molar-refractivity contribution in [3.8, 4) is 5.75 Å². The Morgan fingerprint density at radius 1 is 1.03 bits per heavy atom. The van der Waals surface area contributed by atoms with Crippen LogP contribution in [0, 0.1) is 5.82 Å². The first-order valence-electron chi connectivity index (χ1n) is 10.1. The predicted molar refractivity (Wildman–Crippen MR) is 125 cm³/mol. The SMILES string of the molecule is CCOc1ccc(Cl)c(/C(O)=C2\C(=O)C(=O)N(c3ccc(Cl)cc3)C2c2ccc(F)cc2)c1. The van der Waals surface area contributed by atoms with Crippen LogP contribution in [0.3, 0.4) is 0 Å². The van der Waals surface area contributed by atoms with Crippen molar-refractivity contribution in [3.63, 3.8) is 0 Å². The Labute approximate surface area is 199 Å². The number of rotatable bonds is 5. The number of hydrogen-bond acceptors (Lipinski definition) is 4. The van der Waals surface area contributed by atoms with Gasteiger partial charge in [-0.15, -0.1) is 0 Å². The van der Waals surface area contributed by atoms with E-state index in [4.69, 9.17) is 27.9 Å². The number of ketones is 1. The molecular formula is C25H18Cl2FNO4. The van der Waals surface area contributed by atoms with Gasteiger partial charge in [0.05, 0.1) is 23.2 Å². The van der Waals surface area contributed by atoms with Crippen molar-refractivity contribution in [2.45, 2.75) is 13.0 Å². The van der Waals surface area contributed by atoms with Crippen molar-refractivity contribution in [2.75, 3.05) is 11.5 Å². The highest BCUT2D eigenvalue weighted by Gasteiger charge is 2.47. The molecule has 1 atom stereocenters. The molecule has 0 radical (unpaired) electrons. The molecule has 5 nitrogen and oxygen atoms in total. The van der Waals surface area contributed by atoms with Crippen LogP contribution in [0.1, 0.15) is 24.1 Å². The second kappa shape index (κ2) is 9.25. The minimum absolute atomic E-state index is 0.142. The van der Waals surface area contributed by atoms with E-state index in [9.17, 15) is 19.1 Å². The summed E-state index contributed by atoms with van der Waals surface area (Å²) >= 11 is 12.3. The van der Waals surface area contributed by atoms with E-state index in [1.807, 2.05) is 0 Å². The van der Waals surface area contributed by atoms with Crippen LogP contribution in [0.25, 0.3) is 5.76 Å². The Kier molecular flexibility index (Phi) is 6.40. The van der Waals surface area contributed by atoms with E-state index in [1.54, 1.807) is 37.3 Å². The third kappa shape index (κ3) is 4.32. The van der Waals surface area contributed by atoms with Gasteiger partial charge in [-0.2, -0.15) is 0 Å². The van der Waals surface area contributed by atoms with Crippen LogP contribution in [0.5, 0.6) is 5.75 Å². The van der Waals surface area contributed by atoms with Crippen LogP contribution in [-0.2, 0) is 9.59 Å². The number of carbonyl (C=O) groups is 2. The van der Waals surface area contributed by atoms with E-state index in [2.05, 4.69) is 0 Å². The molecule has 3 aromatic carbocycles. The minimum atomic E-state index is -1.02. The van der Waals surface area contributed by atoms with Gasteiger partial charge in [-0.1, -0.05) is 35.3 Å². The normalized spacial score (nSPS) is 17.5. The number of amides is 1. The predicted octanol–water partition coefficient (Wildman–Crippen LogP) is 6.16. The Balaban J connectivity index is 1.94. The van der Waals surface area contributed by atoms with Gasteiger partial charge in [-0.25, -0.2) is 4.39 Å². The zero-order valence-electron chi connectivity index (χ0n) is 17.4. The molecule has 0 bridgehead atoms. The van der Waals surface area contributed by atoms with E-state index < -0.39 is 29.3 Å². The number of benzene rings is 3. The highest BCUT2D eigenvalue weighted by molar-refractivity contribution is 6.52. The van der Waals surface area contributed by atoms with E-state index >= 15 is 0 Å². The summed E-state index contributed by atoms with van der Waals surface area (Å²) in [6.07, 6.45) is 0. The average molecular weight is 486 g/mol. The maximum Gasteiger partial charge on any atom is 0.300 e. The van der Waals surface area contributed by atoms with Crippen LogP contribution in [0.15, 0.2) is 72.3 Å². The number of carbonyl (C=O) groups excluding carboxylic acids is 2. The molecule has 1 aliphatic rings. The Bertz CT molecular complexity index is 1260. The first-order valence-corrected chi connectivity index (χ1v) is 10.8. The molecule has 1 aliphatic heterocycles. The molecule has 0 saturated carbocycles. The van der Waals surface area contributed by atoms with E-state index in [1.165, 1.54) is 41.3 Å². The zero-order chi connectivity index (χ0) is 23.7. The summed E-state index contributed by atoms with van der Waals surface area (Å²) in [6.45, 7) is 2.19. The molecule has 0 aliphatic carbocycles. The Morgan fingerprint density at radius 3 is 2.33 bits per heavy atom. The van der Waals surface area contributed by atoms with Gasteiger partial charge < -0.3 is 9.84 Å². The third-order valence-electron chi connectivity index (χ3n) is 5.24. The van der Waals surface area contributed by atoms with Gasteiger partial charge in [0.25, 0.3) is 11.7 Å². The van der Waals surface area contributed by atoms with Gasteiger partial charge in [0.2, 0.25) is 0 Å². The van der Waals surface area contributed by atoms with E-state index in [0.29, 0.717) is 28.6 Å². The summed E-state index contributed by atoms with van der Waals surface area (Å²) in [5.74, 6) is -2.23. The van der Waals surface area contributed by atoms with Gasteiger partial charge in [-0.3, -0.25) is 14.5 Å². The molecule has 0 aromatic heterocycles. The standard InChI is InChI=1S/C25H18Cl2FNO4/c1-2-33-18-11-12-20(27)19(13-18)23(30)21-22(14-3-7-16(28)8-4-14)29(25(32)24(21)31)17-9-5-15(26)6-10-17/h3-13,22,30H,2H2,1H3/b23-21+. The molecule has 1 heterocycles. The highest BCUT2D eigenvalue weighted by Crippen LogP contribution is 2.43. The monoisotopic (exact) mass is 485 g/mol. The number of hydrogen-bond donors (Lipinski definition) is 1. The van der Waals surface area contributed by atoms with Gasteiger partial charge in [0.1, 0.15) is 17.3 Å². The zero-order valence-corrected chi connectivity index (χ0v) is 18.9.